The third-order valence-electron chi connectivity index (χ3n) is 2.45. The van der Waals surface area contributed by atoms with Crippen LogP contribution in [-0.2, 0) is 0 Å². The van der Waals surface area contributed by atoms with Crippen LogP contribution in [0, 0.1) is 0 Å². The predicted octanol–water partition coefficient (Wildman–Crippen LogP) is 2.18. The molecule has 0 aliphatic heterocycles. The summed E-state index contributed by atoms with van der Waals surface area (Å²) in [7, 11) is 0. The third-order valence-corrected chi connectivity index (χ3v) is 3.34. The number of hydrogen-bond donors (Lipinski definition) is 3. The maximum absolute atomic E-state index is 11.6. The second-order valence-electron chi connectivity index (χ2n) is 3.59. The van der Waals surface area contributed by atoms with E-state index in [0.29, 0.717) is 5.56 Å². The molecule has 1 heterocycles. The number of carboxylic acid groups (broad SMARTS) is 1. The fraction of sp³-hybridized carbons (Fsp3) is 0.167. The second kappa shape index (κ2) is 5.14. The Bertz CT molecular complexity index is 613. The molecule has 0 saturated carbocycles. The number of benzene rings is 1. The number of carboxylic acids is 1. The first-order valence-electron chi connectivity index (χ1n) is 5.40. The number of rotatable bonds is 4. The van der Waals surface area contributed by atoms with Crippen molar-refractivity contribution < 1.29 is 9.90 Å². The molecule has 0 amide bonds. The van der Waals surface area contributed by atoms with Gasteiger partial charge >= 0.3 is 5.97 Å². The van der Waals surface area contributed by atoms with Crippen LogP contribution in [-0.4, -0.2) is 27.0 Å². The van der Waals surface area contributed by atoms with Crippen LogP contribution in [0.5, 0.6) is 0 Å². The van der Waals surface area contributed by atoms with Gasteiger partial charge in [0.2, 0.25) is 0 Å². The Labute approximate surface area is 107 Å². The Morgan fingerprint density at radius 3 is 2.50 bits per heavy atom. The van der Waals surface area contributed by atoms with E-state index < -0.39 is 11.5 Å². The summed E-state index contributed by atoms with van der Waals surface area (Å²) in [5.41, 5.74) is 0.213. The van der Waals surface area contributed by atoms with Crippen LogP contribution in [0.4, 0.5) is 0 Å². The van der Waals surface area contributed by atoms with Crippen molar-refractivity contribution in [2.75, 3.05) is 5.75 Å². The normalized spacial score (nSPS) is 10.5. The molecule has 0 spiro atoms. The van der Waals surface area contributed by atoms with Gasteiger partial charge in [0, 0.05) is 4.90 Å². The summed E-state index contributed by atoms with van der Waals surface area (Å²) in [6.07, 6.45) is 0. The van der Waals surface area contributed by atoms with Gasteiger partial charge in [0.05, 0.1) is 5.56 Å². The fourth-order valence-electron chi connectivity index (χ4n) is 1.68. The highest BCUT2D eigenvalue weighted by Gasteiger charge is 2.17. The van der Waals surface area contributed by atoms with Crippen molar-refractivity contribution in [2.24, 2.45) is 0 Å². The molecule has 0 saturated heterocycles. The molecule has 0 radical (unpaired) electrons. The van der Waals surface area contributed by atoms with Crippen molar-refractivity contribution in [3.05, 3.63) is 40.3 Å². The summed E-state index contributed by atoms with van der Waals surface area (Å²) < 4.78 is 0. The number of aromatic amines is 2. The summed E-state index contributed by atoms with van der Waals surface area (Å²) >= 11 is 1.69. The molecule has 0 atom stereocenters. The Morgan fingerprint density at radius 2 is 1.94 bits per heavy atom. The first-order chi connectivity index (χ1) is 8.63. The average molecular weight is 264 g/mol. The van der Waals surface area contributed by atoms with Crippen LogP contribution >= 0.6 is 11.8 Å². The van der Waals surface area contributed by atoms with Crippen molar-refractivity contribution in [3.8, 4) is 11.1 Å². The molecule has 94 valence electrons. The van der Waals surface area contributed by atoms with Crippen molar-refractivity contribution >= 4 is 17.7 Å². The number of hydrogen-bond acceptors (Lipinski definition) is 3. The molecule has 5 nitrogen and oxygen atoms in total. The molecule has 0 aliphatic carbocycles. The highest BCUT2D eigenvalue weighted by atomic mass is 32.2. The van der Waals surface area contributed by atoms with Gasteiger partial charge < -0.3 is 5.11 Å². The van der Waals surface area contributed by atoms with E-state index in [-0.39, 0.29) is 11.3 Å². The minimum atomic E-state index is -1.16. The maximum Gasteiger partial charge on any atom is 0.354 e. The van der Waals surface area contributed by atoms with Crippen LogP contribution in [0.1, 0.15) is 17.4 Å². The summed E-state index contributed by atoms with van der Waals surface area (Å²) in [4.78, 5) is 23.7. The van der Waals surface area contributed by atoms with E-state index >= 15 is 0 Å². The molecule has 3 N–H and O–H groups in total. The highest BCUT2D eigenvalue weighted by molar-refractivity contribution is 7.99. The Morgan fingerprint density at radius 1 is 1.28 bits per heavy atom. The third kappa shape index (κ3) is 2.33. The Hall–Kier alpha value is -1.95. The monoisotopic (exact) mass is 264 g/mol. The van der Waals surface area contributed by atoms with Crippen LogP contribution < -0.4 is 5.56 Å². The quantitative estimate of drug-likeness (QED) is 0.739. The van der Waals surface area contributed by atoms with Gasteiger partial charge in [-0.2, -0.15) is 0 Å². The molecule has 0 bridgehead atoms. The summed E-state index contributed by atoms with van der Waals surface area (Å²) in [6.45, 7) is 2.05. The molecule has 0 aliphatic rings. The number of aromatic carboxylic acids is 1. The SMILES string of the molecule is CCSc1ccc(-c2c(C(=O)O)[nH][nH]c2=O)cc1. The van der Waals surface area contributed by atoms with E-state index in [9.17, 15) is 9.59 Å². The number of thioether (sulfide) groups is 1. The molecule has 1 aromatic heterocycles. The summed E-state index contributed by atoms with van der Waals surface area (Å²) in [6, 6.07) is 7.26. The van der Waals surface area contributed by atoms with Crippen LogP contribution in [0.25, 0.3) is 11.1 Å². The number of carbonyl (C=O) groups is 1. The smallest absolute Gasteiger partial charge is 0.354 e. The number of H-pyrrole nitrogens is 2. The molecule has 18 heavy (non-hydrogen) atoms. The van der Waals surface area contributed by atoms with Gasteiger partial charge in [-0.3, -0.25) is 15.0 Å². The van der Waals surface area contributed by atoms with Crippen LogP contribution in [0.3, 0.4) is 0 Å². The second-order valence-corrected chi connectivity index (χ2v) is 4.93. The number of nitrogens with one attached hydrogen (secondary N) is 2. The molecule has 0 unspecified atom stereocenters. The van der Waals surface area contributed by atoms with E-state index in [1.807, 2.05) is 12.1 Å². The van der Waals surface area contributed by atoms with Gasteiger partial charge in [0.15, 0.2) is 5.69 Å². The van der Waals surface area contributed by atoms with Gasteiger partial charge in [0.1, 0.15) is 0 Å². The topological polar surface area (TPSA) is 85.9 Å². The standard InChI is InChI=1S/C12H12N2O3S/c1-2-18-8-5-3-7(4-6-8)9-10(12(16)17)13-14-11(9)15/h3-6H,2H2,1H3,(H,16,17)(H2,13,14,15). The first-order valence-corrected chi connectivity index (χ1v) is 6.39. The van der Waals surface area contributed by atoms with Crippen molar-refractivity contribution in [3.63, 3.8) is 0 Å². The van der Waals surface area contributed by atoms with E-state index in [0.717, 1.165) is 10.6 Å². The molecular formula is C12H12N2O3S. The minimum absolute atomic E-state index is 0.115. The maximum atomic E-state index is 11.6. The van der Waals surface area contributed by atoms with Crippen LogP contribution in [0.15, 0.2) is 34.0 Å². The zero-order chi connectivity index (χ0) is 13.1. The first kappa shape index (κ1) is 12.5. The Balaban J connectivity index is 2.45. The molecule has 6 heteroatoms. The van der Waals surface area contributed by atoms with Crippen molar-refractivity contribution in [1.82, 2.24) is 10.2 Å². The van der Waals surface area contributed by atoms with E-state index in [1.165, 1.54) is 0 Å². The lowest BCUT2D eigenvalue weighted by Gasteiger charge is -2.01. The average Bonchev–Trinajstić information content (AvgIpc) is 2.73. The van der Waals surface area contributed by atoms with Crippen molar-refractivity contribution in [2.45, 2.75) is 11.8 Å². The fourth-order valence-corrected chi connectivity index (χ4v) is 2.34. The zero-order valence-corrected chi connectivity index (χ0v) is 10.5. The molecule has 2 rings (SSSR count). The van der Waals surface area contributed by atoms with Gasteiger partial charge in [-0.05, 0) is 23.4 Å². The van der Waals surface area contributed by atoms with E-state index in [1.54, 1.807) is 23.9 Å². The van der Waals surface area contributed by atoms with Crippen molar-refractivity contribution in [1.29, 1.82) is 0 Å². The highest BCUT2D eigenvalue weighted by Crippen LogP contribution is 2.23. The largest absolute Gasteiger partial charge is 0.477 e. The summed E-state index contributed by atoms with van der Waals surface area (Å²) in [5, 5.41) is 13.6. The molecule has 0 fully saturated rings. The van der Waals surface area contributed by atoms with Gasteiger partial charge in [-0.25, -0.2) is 4.79 Å². The zero-order valence-electron chi connectivity index (χ0n) is 9.69. The van der Waals surface area contributed by atoms with Crippen LogP contribution in [0.2, 0.25) is 0 Å². The lowest BCUT2D eigenvalue weighted by atomic mass is 10.1. The van der Waals surface area contributed by atoms with E-state index in [4.69, 9.17) is 5.11 Å². The summed E-state index contributed by atoms with van der Waals surface area (Å²) in [5.74, 6) is -0.194. The molecule has 1 aromatic carbocycles. The van der Waals surface area contributed by atoms with Gasteiger partial charge in [-0.1, -0.05) is 19.1 Å². The van der Waals surface area contributed by atoms with E-state index in [2.05, 4.69) is 17.1 Å². The lowest BCUT2D eigenvalue weighted by molar-refractivity contribution is 0.0691. The molecule has 2 aromatic rings. The number of aromatic nitrogens is 2. The van der Waals surface area contributed by atoms with Gasteiger partial charge in [-0.15, -0.1) is 11.8 Å². The predicted molar refractivity (Wildman–Crippen MR) is 70.2 cm³/mol. The van der Waals surface area contributed by atoms with Gasteiger partial charge in [0.25, 0.3) is 5.56 Å². The Kier molecular flexibility index (Phi) is 3.57. The molecular weight excluding hydrogens is 252 g/mol. The lowest BCUT2D eigenvalue weighted by Crippen LogP contribution is -2.04. The minimum Gasteiger partial charge on any atom is -0.477 e.